The Balaban J connectivity index is 1.85. The molecule has 1 N–H and O–H groups in total. The van der Waals surface area contributed by atoms with Crippen LogP contribution in [0.4, 0.5) is 0 Å². The first kappa shape index (κ1) is 18.3. The third kappa shape index (κ3) is 5.01. The van der Waals surface area contributed by atoms with Crippen molar-refractivity contribution in [3.8, 4) is 16.9 Å². The number of aromatic nitrogens is 3. The number of nitrogens with zero attached hydrogens (tertiary/aromatic N) is 3. The third-order valence-corrected chi connectivity index (χ3v) is 3.96. The van der Waals surface area contributed by atoms with Crippen LogP contribution in [0.2, 0.25) is 0 Å². The van der Waals surface area contributed by atoms with Gasteiger partial charge in [0.15, 0.2) is 0 Å². The smallest absolute Gasteiger partial charge is 0.244 e. The van der Waals surface area contributed by atoms with Crippen molar-refractivity contribution in [2.75, 3.05) is 6.54 Å². The fraction of sp³-hybridized carbons (Fsp3) is 0.136. The molecule has 0 aliphatic carbocycles. The Kier molecular flexibility index (Phi) is 6.30. The highest BCUT2D eigenvalue weighted by Gasteiger charge is 2.10. The van der Waals surface area contributed by atoms with Gasteiger partial charge in [-0.2, -0.15) is 5.10 Å². The lowest BCUT2D eigenvalue weighted by Gasteiger charge is -2.00. The van der Waals surface area contributed by atoms with Crippen molar-refractivity contribution in [3.63, 3.8) is 0 Å². The molecule has 0 saturated heterocycles. The van der Waals surface area contributed by atoms with E-state index in [-0.39, 0.29) is 5.91 Å². The van der Waals surface area contributed by atoms with Crippen molar-refractivity contribution < 1.29 is 4.79 Å². The van der Waals surface area contributed by atoms with Crippen molar-refractivity contribution in [2.24, 2.45) is 0 Å². The summed E-state index contributed by atoms with van der Waals surface area (Å²) in [6, 6.07) is 13.7. The number of hydrogen-bond acceptors (Lipinski definition) is 3. The van der Waals surface area contributed by atoms with Crippen LogP contribution in [0, 0.1) is 0 Å². The molecule has 2 heterocycles. The van der Waals surface area contributed by atoms with Crippen LogP contribution in [0.1, 0.15) is 18.9 Å². The molecule has 136 valence electrons. The Bertz CT molecular complexity index is 927. The number of para-hydroxylation sites is 1. The van der Waals surface area contributed by atoms with Gasteiger partial charge in [0.05, 0.1) is 5.69 Å². The number of hydrogen-bond donors (Lipinski definition) is 1. The number of pyridine rings is 1. The second-order valence-electron chi connectivity index (χ2n) is 5.94. The molecule has 0 aliphatic rings. The molecule has 1 aromatic carbocycles. The summed E-state index contributed by atoms with van der Waals surface area (Å²) in [5.74, 6) is -0.121. The number of carbonyl (C=O) groups is 1. The number of allylic oxidation sites excluding steroid dienone is 1. The van der Waals surface area contributed by atoms with E-state index in [9.17, 15) is 4.79 Å². The highest BCUT2D eigenvalue weighted by Crippen LogP contribution is 2.24. The molecule has 2 aromatic heterocycles. The van der Waals surface area contributed by atoms with Gasteiger partial charge in [0.25, 0.3) is 0 Å². The fourth-order valence-electron chi connectivity index (χ4n) is 2.62. The molecule has 27 heavy (non-hydrogen) atoms. The monoisotopic (exact) mass is 358 g/mol. The summed E-state index contributed by atoms with van der Waals surface area (Å²) in [6.07, 6.45) is 13.6. The van der Waals surface area contributed by atoms with Gasteiger partial charge in [-0.15, -0.1) is 0 Å². The van der Waals surface area contributed by atoms with Crippen molar-refractivity contribution >= 4 is 12.0 Å². The maximum atomic E-state index is 12.0. The van der Waals surface area contributed by atoms with Crippen molar-refractivity contribution in [1.29, 1.82) is 0 Å². The van der Waals surface area contributed by atoms with E-state index in [1.165, 1.54) is 0 Å². The van der Waals surface area contributed by atoms with Gasteiger partial charge >= 0.3 is 0 Å². The maximum absolute atomic E-state index is 12.0. The van der Waals surface area contributed by atoms with E-state index >= 15 is 0 Å². The van der Waals surface area contributed by atoms with Crippen LogP contribution in [0.5, 0.6) is 0 Å². The Labute approximate surface area is 159 Å². The molecule has 5 heteroatoms. The van der Waals surface area contributed by atoms with Gasteiger partial charge in [-0.1, -0.05) is 30.4 Å². The summed E-state index contributed by atoms with van der Waals surface area (Å²) in [6.45, 7) is 2.58. The summed E-state index contributed by atoms with van der Waals surface area (Å²) >= 11 is 0. The van der Waals surface area contributed by atoms with Crippen molar-refractivity contribution in [2.45, 2.75) is 13.3 Å². The Morgan fingerprint density at radius 2 is 2.04 bits per heavy atom. The van der Waals surface area contributed by atoms with Gasteiger partial charge in [-0.25, -0.2) is 4.68 Å². The number of rotatable bonds is 7. The normalized spacial score (nSPS) is 11.3. The molecule has 0 saturated carbocycles. The molecule has 0 atom stereocenters. The molecule has 1 amide bonds. The van der Waals surface area contributed by atoms with E-state index in [4.69, 9.17) is 5.10 Å². The minimum Gasteiger partial charge on any atom is -0.352 e. The number of amides is 1. The van der Waals surface area contributed by atoms with Gasteiger partial charge in [0.1, 0.15) is 5.69 Å². The van der Waals surface area contributed by atoms with Gasteiger partial charge in [-0.05, 0) is 43.7 Å². The average molecular weight is 358 g/mol. The predicted octanol–water partition coefficient (Wildman–Crippen LogP) is 4.03. The quantitative estimate of drug-likeness (QED) is 0.394. The van der Waals surface area contributed by atoms with Gasteiger partial charge in [-0.3, -0.25) is 9.78 Å². The van der Waals surface area contributed by atoms with E-state index in [0.717, 1.165) is 28.9 Å². The van der Waals surface area contributed by atoms with E-state index in [0.29, 0.717) is 6.54 Å². The second-order valence-corrected chi connectivity index (χ2v) is 5.94. The van der Waals surface area contributed by atoms with Crippen LogP contribution < -0.4 is 5.32 Å². The zero-order chi connectivity index (χ0) is 18.9. The molecule has 3 rings (SSSR count). The lowest BCUT2D eigenvalue weighted by atomic mass is 10.1. The first-order valence-electron chi connectivity index (χ1n) is 8.90. The lowest BCUT2D eigenvalue weighted by Crippen LogP contribution is -2.21. The van der Waals surface area contributed by atoms with Gasteiger partial charge in [0, 0.05) is 42.3 Å². The zero-order valence-corrected chi connectivity index (χ0v) is 15.2. The molecular weight excluding hydrogens is 336 g/mol. The Hall–Kier alpha value is -3.47. The van der Waals surface area contributed by atoms with E-state index in [1.807, 2.05) is 72.4 Å². The first-order valence-corrected chi connectivity index (χ1v) is 8.90. The lowest BCUT2D eigenvalue weighted by molar-refractivity contribution is -0.116. The summed E-state index contributed by atoms with van der Waals surface area (Å²) < 4.78 is 1.81. The Morgan fingerprint density at radius 1 is 1.19 bits per heavy atom. The summed E-state index contributed by atoms with van der Waals surface area (Å²) in [5, 5.41) is 7.57. The fourth-order valence-corrected chi connectivity index (χ4v) is 2.62. The molecule has 0 fully saturated rings. The zero-order valence-electron chi connectivity index (χ0n) is 15.2. The van der Waals surface area contributed by atoms with Crippen LogP contribution in [0.25, 0.3) is 23.0 Å². The number of carbonyl (C=O) groups excluding carboxylic acids is 1. The third-order valence-electron chi connectivity index (χ3n) is 3.96. The van der Waals surface area contributed by atoms with Crippen LogP contribution in [-0.4, -0.2) is 27.2 Å². The summed E-state index contributed by atoms with van der Waals surface area (Å²) in [7, 11) is 0. The second kappa shape index (κ2) is 9.29. The van der Waals surface area contributed by atoms with Crippen molar-refractivity contribution in [3.05, 3.63) is 84.8 Å². The highest BCUT2D eigenvalue weighted by atomic mass is 16.1. The largest absolute Gasteiger partial charge is 0.352 e. The van der Waals surface area contributed by atoms with Crippen LogP contribution in [0.15, 0.2) is 79.3 Å². The van der Waals surface area contributed by atoms with Gasteiger partial charge in [0.2, 0.25) is 5.91 Å². The van der Waals surface area contributed by atoms with Gasteiger partial charge < -0.3 is 5.32 Å². The number of benzene rings is 1. The minimum absolute atomic E-state index is 0.121. The maximum Gasteiger partial charge on any atom is 0.244 e. The molecule has 0 bridgehead atoms. The number of nitrogens with one attached hydrogen (secondary N) is 1. The topological polar surface area (TPSA) is 59.8 Å². The molecule has 0 aliphatic heterocycles. The molecule has 0 unspecified atom stereocenters. The molecular formula is C22H22N4O. The molecule has 0 radical (unpaired) electrons. The van der Waals surface area contributed by atoms with Crippen LogP contribution in [-0.2, 0) is 4.79 Å². The van der Waals surface area contributed by atoms with E-state index in [2.05, 4.69) is 10.3 Å². The molecule has 5 nitrogen and oxygen atoms in total. The van der Waals surface area contributed by atoms with E-state index < -0.39 is 0 Å². The molecule has 0 spiro atoms. The minimum atomic E-state index is -0.121. The molecule has 3 aromatic rings. The average Bonchev–Trinajstić information content (AvgIpc) is 3.15. The standard InChI is InChI=1S/C22H22N4O/c1-2-3-7-15-24-21(27)13-12-19-17-26(20-10-5-4-6-11-20)25-22(19)18-9-8-14-23-16-18/h2-6,8-14,16-17H,7,15H2,1H3,(H,24,27). The first-order chi connectivity index (χ1) is 13.3. The summed E-state index contributed by atoms with van der Waals surface area (Å²) in [4.78, 5) is 16.2. The van der Waals surface area contributed by atoms with E-state index in [1.54, 1.807) is 24.5 Å². The Morgan fingerprint density at radius 3 is 2.78 bits per heavy atom. The SMILES string of the molecule is CC=CCCNC(=O)C=Cc1cn(-c2ccccc2)nc1-c1cccnc1. The van der Waals surface area contributed by atoms with Crippen LogP contribution in [0.3, 0.4) is 0 Å². The van der Waals surface area contributed by atoms with Crippen molar-refractivity contribution in [1.82, 2.24) is 20.1 Å². The predicted molar refractivity (Wildman–Crippen MR) is 108 cm³/mol. The highest BCUT2D eigenvalue weighted by molar-refractivity contribution is 5.92. The summed E-state index contributed by atoms with van der Waals surface area (Å²) in [5.41, 5.74) is 3.50. The van der Waals surface area contributed by atoms with Crippen LogP contribution >= 0.6 is 0 Å².